The molecule has 11 heteroatoms. The maximum atomic E-state index is 13.4. The molecule has 2 aliphatic rings. The van der Waals surface area contributed by atoms with Gasteiger partial charge in [0.25, 0.3) is 0 Å². The quantitative estimate of drug-likeness (QED) is 0.299. The van der Waals surface area contributed by atoms with Gasteiger partial charge in [0.05, 0.1) is 21.9 Å². The van der Waals surface area contributed by atoms with Crippen LogP contribution >= 0.6 is 0 Å². The number of hydrogen-bond acceptors (Lipinski definition) is 10. The van der Waals surface area contributed by atoms with Gasteiger partial charge in [-0.3, -0.25) is 19.7 Å². The van der Waals surface area contributed by atoms with Crippen LogP contribution in [-0.2, 0) is 0 Å². The first-order valence-corrected chi connectivity index (χ1v) is 11.4. The summed E-state index contributed by atoms with van der Waals surface area (Å²) in [6, 6.07) is 13.3. The average Bonchev–Trinajstić information content (AvgIpc) is 3.37. The van der Waals surface area contributed by atoms with E-state index >= 15 is 0 Å². The lowest BCUT2D eigenvalue weighted by Gasteiger charge is -2.33. The molecule has 1 saturated heterocycles. The summed E-state index contributed by atoms with van der Waals surface area (Å²) in [6.45, 7) is 2.69. The molecule has 0 saturated carbocycles. The Morgan fingerprint density at radius 2 is 1.56 bits per heavy atom. The molecule has 0 atom stereocenters. The Morgan fingerprint density at radius 3 is 2.28 bits per heavy atom. The summed E-state index contributed by atoms with van der Waals surface area (Å²) in [7, 11) is 2.00. The van der Waals surface area contributed by atoms with Crippen molar-refractivity contribution in [2.75, 3.05) is 43.4 Å². The molecule has 1 aliphatic carbocycles. The minimum atomic E-state index is -0.479. The Balaban J connectivity index is 1.49. The predicted octanol–water partition coefficient (Wildman–Crippen LogP) is 3.40. The third kappa shape index (κ3) is 3.32. The van der Waals surface area contributed by atoms with Crippen molar-refractivity contribution < 1.29 is 19.1 Å². The lowest BCUT2D eigenvalue weighted by atomic mass is 9.83. The van der Waals surface area contributed by atoms with E-state index in [0.717, 1.165) is 13.1 Å². The number of carbonyl (C=O) groups is 2. The van der Waals surface area contributed by atoms with Crippen LogP contribution in [0.5, 0.6) is 0 Å². The fourth-order valence-corrected chi connectivity index (χ4v) is 4.87. The summed E-state index contributed by atoms with van der Waals surface area (Å²) in [5, 5.41) is 23.0. The number of hydrogen-bond donors (Lipinski definition) is 1. The van der Waals surface area contributed by atoms with E-state index in [2.05, 4.69) is 20.5 Å². The molecule has 4 aromatic rings. The van der Waals surface area contributed by atoms with Crippen molar-refractivity contribution in [3.05, 3.63) is 80.9 Å². The number of nitrogens with zero attached hydrogens (tertiary/aromatic N) is 5. The summed E-state index contributed by atoms with van der Waals surface area (Å²) in [6.07, 6.45) is 0. The van der Waals surface area contributed by atoms with E-state index in [-0.39, 0.29) is 33.9 Å². The van der Waals surface area contributed by atoms with Crippen LogP contribution in [0.3, 0.4) is 0 Å². The zero-order valence-corrected chi connectivity index (χ0v) is 19.2. The van der Waals surface area contributed by atoms with Crippen molar-refractivity contribution in [1.29, 1.82) is 0 Å². The van der Waals surface area contributed by atoms with Crippen LogP contribution in [0, 0.1) is 10.1 Å². The fourth-order valence-electron chi connectivity index (χ4n) is 4.87. The zero-order chi connectivity index (χ0) is 25.0. The highest BCUT2D eigenvalue weighted by Crippen LogP contribution is 2.41. The van der Waals surface area contributed by atoms with Gasteiger partial charge in [-0.15, -0.1) is 0 Å². The topological polar surface area (TPSA) is 135 Å². The van der Waals surface area contributed by atoms with Crippen molar-refractivity contribution in [1.82, 2.24) is 15.2 Å². The largest absolute Gasteiger partial charge is 0.363 e. The number of fused-ring (bicyclic) bond motifs is 3. The predicted molar refractivity (Wildman–Crippen MR) is 131 cm³/mol. The van der Waals surface area contributed by atoms with Crippen LogP contribution < -0.4 is 10.2 Å². The number of benzene rings is 3. The second-order valence-corrected chi connectivity index (χ2v) is 8.86. The Hall–Kier alpha value is -4.64. The monoisotopic (exact) mass is 484 g/mol. The van der Waals surface area contributed by atoms with Gasteiger partial charge < -0.3 is 15.1 Å². The van der Waals surface area contributed by atoms with Crippen LogP contribution in [0.2, 0.25) is 0 Å². The first-order chi connectivity index (χ1) is 17.4. The number of anilines is 3. The Morgan fingerprint density at radius 1 is 0.889 bits per heavy atom. The van der Waals surface area contributed by atoms with E-state index in [1.807, 2.05) is 11.9 Å². The van der Waals surface area contributed by atoms with Gasteiger partial charge in [-0.1, -0.05) is 36.4 Å². The highest BCUT2D eigenvalue weighted by molar-refractivity contribution is 6.30. The fraction of sp³-hybridized carbons (Fsp3) is 0.200. The summed E-state index contributed by atoms with van der Waals surface area (Å²) in [4.78, 5) is 42.2. The van der Waals surface area contributed by atoms with Crippen LogP contribution in [0.1, 0.15) is 31.8 Å². The number of aromatic nitrogens is 2. The number of nitrogens with one attached hydrogen (secondary N) is 1. The number of piperazine rings is 1. The van der Waals surface area contributed by atoms with Crippen LogP contribution in [0.4, 0.5) is 22.7 Å². The van der Waals surface area contributed by atoms with Gasteiger partial charge in [-0.25, -0.2) is 4.63 Å². The molecule has 0 radical (unpaired) electrons. The van der Waals surface area contributed by atoms with E-state index in [9.17, 15) is 19.7 Å². The molecule has 2 heterocycles. The maximum Gasteiger partial charge on any atom is 0.323 e. The Kier molecular flexibility index (Phi) is 5.00. The lowest BCUT2D eigenvalue weighted by molar-refractivity contribution is -0.382. The van der Waals surface area contributed by atoms with Crippen molar-refractivity contribution in [3.63, 3.8) is 0 Å². The van der Waals surface area contributed by atoms with Gasteiger partial charge in [0, 0.05) is 42.9 Å². The SMILES string of the molecule is CN1CCN(c2cc(Nc3cccc4c3C(=O)c3ccccc3C4=O)c3nonc3c2[N+](=O)[O-])CC1. The normalized spacial score (nSPS) is 15.6. The molecule has 1 N–H and O–H groups in total. The summed E-state index contributed by atoms with van der Waals surface area (Å²) < 4.78 is 4.90. The van der Waals surface area contributed by atoms with Gasteiger partial charge in [0.15, 0.2) is 17.1 Å². The molecule has 6 rings (SSSR count). The number of carbonyl (C=O) groups excluding carboxylic acids is 2. The molecule has 0 unspecified atom stereocenters. The molecule has 0 amide bonds. The van der Waals surface area contributed by atoms with Gasteiger partial charge in [0.2, 0.25) is 5.52 Å². The van der Waals surface area contributed by atoms with Crippen molar-refractivity contribution in [2.24, 2.45) is 0 Å². The second kappa shape index (κ2) is 8.24. The summed E-state index contributed by atoms with van der Waals surface area (Å²) >= 11 is 0. The molecule has 1 aromatic heterocycles. The third-order valence-electron chi connectivity index (χ3n) is 6.74. The Bertz CT molecular complexity index is 1570. The standard InChI is InChI=1S/C25H20N6O5/c1-29-9-11-30(12-10-29)19-13-18(21-22(28-36-27-21)23(19)31(34)35)26-17-8-4-7-16-20(17)25(33)15-6-3-2-5-14(15)24(16)32/h2-8,13,26H,9-12H2,1H3. The van der Waals surface area contributed by atoms with Crippen LogP contribution in [0.15, 0.2) is 53.2 Å². The molecular formula is C25H20N6O5. The van der Waals surface area contributed by atoms with E-state index in [4.69, 9.17) is 4.63 Å². The van der Waals surface area contributed by atoms with Gasteiger partial charge >= 0.3 is 5.69 Å². The number of nitro benzene ring substituents is 1. The van der Waals surface area contributed by atoms with E-state index in [1.54, 1.807) is 48.5 Å². The van der Waals surface area contributed by atoms with Crippen LogP contribution in [-0.4, -0.2) is 64.9 Å². The zero-order valence-electron chi connectivity index (χ0n) is 19.2. The molecule has 3 aromatic carbocycles. The molecule has 1 fully saturated rings. The van der Waals surface area contributed by atoms with Crippen LogP contribution in [0.25, 0.3) is 11.0 Å². The van der Waals surface area contributed by atoms with Gasteiger partial charge in [-0.2, -0.15) is 0 Å². The number of likely N-dealkylation sites (N-methyl/N-ethyl adjacent to an activating group) is 1. The smallest absolute Gasteiger partial charge is 0.323 e. The van der Waals surface area contributed by atoms with Crippen molar-refractivity contribution in [3.8, 4) is 0 Å². The molecule has 36 heavy (non-hydrogen) atoms. The first kappa shape index (κ1) is 21.9. The summed E-state index contributed by atoms with van der Waals surface area (Å²) in [5.74, 6) is -0.516. The third-order valence-corrected chi connectivity index (χ3v) is 6.74. The molecule has 180 valence electrons. The van der Waals surface area contributed by atoms with Crippen molar-refractivity contribution in [2.45, 2.75) is 0 Å². The second-order valence-electron chi connectivity index (χ2n) is 8.86. The van der Waals surface area contributed by atoms with Crippen molar-refractivity contribution >= 4 is 45.3 Å². The number of ketones is 2. The summed E-state index contributed by atoms with van der Waals surface area (Å²) in [5.41, 5.74) is 2.38. The first-order valence-electron chi connectivity index (χ1n) is 11.4. The molecule has 1 aliphatic heterocycles. The Labute approximate surface area is 204 Å². The number of nitro groups is 1. The highest BCUT2D eigenvalue weighted by Gasteiger charge is 2.33. The average molecular weight is 484 g/mol. The minimum absolute atomic E-state index is 0.0106. The number of rotatable bonds is 4. The molecule has 0 bridgehead atoms. The van der Waals surface area contributed by atoms with Gasteiger partial charge in [0.1, 0.15) is 5.69 Å². The minimum Gasteiger partial charge on any atom is -0.363 e. The maximum absolute atomic E-state index is 13.4. The van der Waals surface area contributed by atoms with E-state index < -0.39 is 4.92 Å². The van der Waals surface area contributed by atoms with Gasteiger partial charge in [-0.05, 0) is 29.5 Å². The van der Waals surface area contributed by atoms with E-state index in [0.29, 0.717) is 46.8 Å². The van der Waals surface area contributed by atoms with E-state index in [1.165, 1.54) is 0 Å². The highest BCUT2D eigenvalue weighted by atomic mass is 16.6. The molecule has 0 spiro atoms. The lowest BCUT2D eigenvalue weighted by Crippen LogP contribution is -2.44. The molecule has 11 nitrogen and oxygen atoms in total. The molecular weight excluding hydrogens is 464 g/mol.